The van der Waals surface area contributed by atoms with E-state index in [4.69, 9.17) is 9.47 Å². The van der Waals surface area contributed by atoms with E-state index in [0.29, 0.717) is 17.7 Å². The van der Waals surface area contributed by atoms with Crippen molar-refractivity contribution in [3.05, 3.63) is 18.3 Å². The fourth-order valence-corrected chi connectivity index (χ4v) is 1.91. The second-order valence-electron chi connectivity index (χ2n) is 5.44. The highest BCUT2D eigenvalue weighted by atomic mass is 16.5. The summed E-state index contributed by atoms with van der Waals surface area (Å²) in [5.74, 6) is 1.27. The Balaban J connectivity index is 1.77. The number of hydrogen-bond donors (Lipinski definition) is 1. The Morgan fingerprint density at radius 2 is 2.20 bits per heavy atom. The van der Waals surface area contributed by atoms with Crippen LogP contribution in [-0.2, 0) is 4.79 Å². The first kappa shape index (κ1) is 14.8. The molecule has 0 radical (unpaired) electrons. The molecular formula is C15H22N2O3. The molecule has 0 unspecified atom stereocenters. The summed E-state index contributed by atoms with van der Waals surface area (Å²) in [6, 6.07) is 4.12. The topological polar surface area (TPSA) is 60.5 Å². The monoisotopic (exact) mass is 278 g/mol. The van der Waals surface area contributed by atoms with Crippen molar-refractivity contribution in [2.45, 2.75) is 38.8 Å². The van der Waals surface area contributed by atoms with Crippen molar-refractivity contribution in [3.63, 3.8) is 0 Å². The number of aromatic nitrogens is 1. The average Bonchev–Trinajstić information content (AvgIpc) is 2.40. The smallest absolute Gasteiger partial charge is 0.213 e. The molecule has 1 aliphatic rings. The van der Waals surface area contributed by atoms with Crippen molar-refractivity contribution in [2.75, 3.05) is 13.7 Å². The first-order valence-electron chi connectivity index (χ1n) is 7.04. The van der Waals surface area contributed by atoms with Gasteiger partial charge in [-0.3, -0.25) is 4.79 Å². The molecular weight excluding hydrogens is 256 g/mol. The zero-order chi connectivity index (χ0) is 14.5. The molecule has 0 saturated heterocycles. The molecule has 1 aliphatic carbocycles. The Morgan fingerprint density at radius 3 is 2.75 bits per heavy atom. The Kier molecular flexibility index (Phi) is 4.95. The predicted molar refractivity (Wildman–Crippen MR) is 76.1 cm³/mol. The summed E-state index contributed by atoms with van der Waals surface area (Å²) in [5.41, 5.74) is 0. The maximum absolute atomic E-state index is 11.5. The highest BCUT2D eigenvalue weighted by Crippen LogP contribution is 2.25. The van der Waals surface area contributed by atoms with Gasteiger partial charge in [-0.15, -0.1) is 0 Å². The van der Waals surface area contributed by atoms with E-state index in [1.165, 1.54) is 0 Å². The Bertz CT molecular complexity index is 439. The number of rotatable bonds is 7. The summed E-state index contributed by atoms with van der Waals surface area (Å²) < 4.78 is 11.1. The quantitative estimate of drug-likeness (QED) is 0.824. The number of ether oxygens (including phenoxy) is 2. The minimum absolute atomic E-state index is 0.00990. The SMILES string of the molecule is CN[C@H]1C[C@@H](Oc2ccc(OCC(=O)C(C)C)cn2)C1. The number of pyridine rings is 1. The normalized spacial score (nSPS) is 21.4. The van der Waals surface area contributed by atoms with E-state index < -0.39 is 0 Å². The van der Waals surface area contributed by atoms with Crippen molar-refractivity contribution < 1.29 is 14.3 Å². The van der Waals surface area contributed by atoms with Crippen LogP contribution in [0.2, 0.25) is 0 Å². The largest absolute Gasteiger partial charge is 0.484 e. The summed E-state index contributed by atoms with van der Waals surface area (Å²) in [7, 11) is 1.96. The van der Waals surface area contributed by atoms with Gasteiger partial charge in [0.1, 0.15) is 18.5 Å². The number of nitrogens with one attached hydrogen (secondary N) is 1. The van der Waals surface area contributed by atoms with Crippen molar-refractivity contribution in [3.8, 4) is 11.6 Å². The number of ketones is 1. The van der Waals surface area contributed by atoms with Gasteiger partial charge in [-0.1, -0.05) is 13.8 Å². The molecule has 1 aromatic heterocycles. The second kappa shape index (κ2) is 6.70. The fourth-order valence-electron chi connectivity index (χ4n) is 1.91. The molecule has 1 aromatic rings. The molecule has 1 N–H and O–H groups in total. The lowest BCUT2D eigenvalue weighted by molar-refractivity contribution is -0.123. The molecule has 1 saturated carbocycles. The van der Waals surface area contributed by atoms with Crippen LogP contribution in [0, 0.1) is 5.92 Å². The molecule has 1 fully saturated rings. The van der Waals surface area contributed by atoms with Crippen LogP contribution in [0.25, 0.3) is 0 Å². The third kappa shape index (κ3) is 3.93. The summed E-state index contributed by atoms with van der Waals surface area (Å²) in [6.45, 7) is 3.81. The second-order valence-corrected chi connectivity index (χ2v) is 5.44. The Labute approximate surface area is 119 Å². The summed E-state index contributed by atoms with van der Waals surface area (Å²) >= 11 is 0. The number of Topliss-reactive ketones (excluding diaryl/α,β-unsaturated/α-hetero) is 1. The van der Waals surface area contributed by atoms with Crippen molar-refractivity contribution >= 4 is 5.78 Å². The maximum Gasteiger partial charge on any atom is 0.213 e. The average molecular weight is 278 g/mol. The highest BCUT2D eigenvalue weighted by Gasteiger charge is 2.29. The van der Waals surface area contributed by atoms with Crippen LogP contribution in [0.4, 0.5) is 0 Å². The van der Waals surface area contributed by atoms with Gasteiger partial charge >= 0.3 is 0 Å². The summed E-state index contributed by atoms with van der Waals surface area (Å²) in [6.07, 6.45) is 3.87. The van der Waals surface area contributed by atoms with E-state index in [1.54, 1.807) is 18.3 Å². The fraction of sp³-hybridized carbons (Fsp3) is 0.600. The lowest BCUT2D eigenvalue weighted by Gasteiger charge is -2.34. The van der Waals surface area contributed by atoms with Crippen LogP contribution in [-0.4, -0.2) is 36.6 Å². The van der Waals surface area contributed by atoms with Crippen molar-refractivity contribution in [2.24, 2.45) is 5.92 Å². The van der Waals surface area contributed by atoms with E-state index >= 15 is 0 Å². The van der Waals surface area contributed by atoms with Gasteiger partial charge in [0.25, 0.3) is 0 Å². The number of hydrogen-bond acceptors (Lipinski definition) is 5. The number of carbonyl (C=O) groups is 1. The predicted octanol–water partition coefficient (Wildman–Crippen LogP) is 1.81. The third-order valence-corrected chi connectivity index (χ3v) is 3.52. The first-order valence-corrected chi connectivity index (χ1v) is 7.04. The molecule has 110 valence electrons. The Hall–Kier alpha value is -1.62. The summed E-state index contributed by atoms with van der Waals surface area (Å²) in [4.78, 5) is 15.7. The van der Waals surface area contributed by atoms with E-state index in [1.807, 2.05) is 20.9 Å². The van der Waals surface area contributed by atoms with E-state index in [9.17, 15) is 4.79 Å². The van der Waals surface area contributed by atoms with Crippen LogP contribution in [0.1, 0.15) is 26.7 Å². The van der Waals surface area contributed by atoms with Crippen LogP contribution < -0.4 is 14.8 Å². The molecule has 0 aromatic carbocycles. The third-order valence-electron chi connectivity index (χ3n) is 3.52. The molecule has 0 atom stereocenters. The minimum Gasteiger partial charge on any atom is -0.484 e. The standard InChI is InChI=1S/C15H22N2O3/c1-10(2)14(18)9-19-12-4-5-15(17-8-12)20-13-6-11(7-13)16-3/h4-5,8,10-11,13,16H,6-7,9H2,1-3H3/t11-,13+. The van der Waals surface area contributed by atoms with Gasteiger partial charge in [0, 0.05) is 18.0 Å². The van der Waals surface area contributed by atoms with E-state index in [2.05, 4.69) is 10.3 Å². The molecule has 5 heteroatoms. The summed E-state index contributed by atoms with van der Waals surface area (Å²) in [5, 5.41) is 3.21. The highest BCUT2D eigenvalue weighted by molar-refractivity contribution is 5.81. The molecule has 1 heterocycles. The molecule has 2 rings (SSSR count). The van der Waals surface area contributed by atoms with Gasteiger partial charge in [0.2, 0.25) is 5.88 Å². The molecule has 0 spiro atoms. The zero-order valence-corrected chi connectivity index (χ0v) is 12.3. The Morgan fingerprint density at radius 1 is 1.45 bits per heavy atom. The minimum atomic E-state index is -0.00990. The molecule has 20 heavy (non-hydrogen) atoms. The van der Waals surface area contributed by atoms with Gasteiger partial charge in [-0.2, -0.15) is 0 Å². The van der Waals surface area contributed by atoms with Gasteiger partial charge in [0.15, 0.2) is 5.78 Å². The van der Waals surface area contributed by atoms with Crippen LogP contribution in [0.15, 0.2) is 18.3 Å². The van der Waals surface area contributed by atoms with Crippen LogP contribution >= 0.6 is 0 Å². The molecule has 0 aliphatic heterocycles. The van der Waals surface area contributed by atoms with Gasteiger partial charge in [0.05, 0.1) is 6.20 Å². The van der Waals surface area contributed by atoms with Crippen LogP contribution in [0.3, 0.4) is 0 Å². The first-order chi connectivity index (χ1) is 9.58. The van der Waals surface area contributed by atoms with E-state index in [0.717, 1.165) is 12.8 Å². The van der Waals surface area contributed by atoms with Gasteiger partial charge in [-0.25, -0.2) is 4.98 Å². The number of carbonyl (C=O) groups excluding carboxylic acids is 1. The van der Waals surface area contributed by atoms with Gasteiger partial charge < -0.3 is 14.8 Å². The van der Waals surface area contributed by atoms with E-state index in [-0.39, 0.29) is 24.4 Å². The lowest BCUT2D eigenvalue weighted by Crippen LogP contribution is -2.45. The van der Waals surface area contributed by atoms with Crippen molar-refractivity contribution in [1.82, 2.24) is 10.3 Å². The maximum atomic E-state index is 11.5. The van der Waals surface area contributed by atoms with Gasteiger partial charge in [-0.05, 0) is 26.0 Å². The molecule has 5 nitrogen and oxygen atoms in total. The lowest BCUT2D eigenvalue weighted by atomic mass is 9.89. The van der Waals surface area contributed by atoms with Crippen molar-refractivity contribution in [1.29, 1.82) is 0 Å². The number of nitrogens with zero attached hydrogens (tertiary/aromatic N) is 1. The van der Waals surface area contributed by atoms with Crippen LogP contribution in [0.5, 0.6) is 11.6 Å². The molecule has 0 bridgehead atoms. The molecule has 0 amide bonds. The zero-order valence-electron chi connectivity index (χ0n) is 12.3.